The van der Waals surface area contributed by atoms with E-state index in [2.05, 4.69) is 5.16 Å². The molecule has 1 unspecified atom stereocenters. The van der Waals surface area contributed by atoms with E-state index in [1.54, 1.807) is 0 Å². The number of hydrogen-bond donors (Lipinski definition) is 0. The molecule has 1 aromatic rings. The smallest absolute Gasteiger partial charge is 0.146 e. The van der Waals surface area contributed by atoms with Crippen molar-refractivity contribution in [3.8, 4) is 0 Å². The Morgan fingerprint density at radius 3 is 2.93 bits per heavy atom. The van der Waals surface area contributed by atoms with Gasteiger partial charge in [-0.25, -0.2) is 0 Å². The van der Waals surface area contributed by atoms with E-state index in [0.29, 0.717) is 5.88 Å². The number of aryl methyl sites for hydroxylation is 1. The van der Waals surface area contributed by atoms with Crippen molar-refractivity contribution in [2.75, 3.05) is 5.88 Å². The Kier molecular flexibility index (Phi) is 3.17. The zero-order valence-corrected chi connectivity index (χ0v) is 9.85. The Morgan fingerprint density at radius 2 is 2.33 bits per heavy atom. The fraction of sp³-hybridized carbons (Fsp3) is 0.364. The van der Waals surface area contributed by atoms with E-state index in [0.717, 1.165) is 28.3 Å². The summed E-state index contributed by atoms with van der Waals surface area (Å²) in [5.41, 5.74) is 2.99. The van der Waals surface area contributed by atoms with E-state index >= 15 is 0 Å². The molecule has 1 aliphatic rings. The van der Waals surface area contributed by atoms with E-state index in [-0.39, 0.29) is 6.10 Å². The lowest BCUT2D eigenvalue weighted by Crippen LogP contribution is -2.09. The summed E-state index contributed by atoms with van der Waals surface area (Å²) in [7, 11) is 0. The highest BCUT2D eigenvalue weighted by Crippen LogP contribution is 2.22. The second-order valence-electron chi connectivity index (χ2n) is 3.59. The molecular formula is C11H11Cl2NO. The highest BCUT2D eigenvalue weighted by atomic mass is 35.5. The minimum absolute atomic E-state index is 0.00162. The number of alkyl halides is 1. The predicted octanol–water partition coefficient (Wildman–Crippen LogP) is 3.38. The summed E-state index contributed by atoms with van der Waals surface area (Å²) in [5.74, 6) is 0.465. The number of hydrogen-bond acceptors (Lipinski definition) is 2. The van der Waals surface area contributed by atoms with Gasteiger partial charge < -0.3 is 4.84 Å². The monoisotopic (exact) mass is 243 g/mol. The van der Waals surface area contributed by atoms with Gasteiger partial charge >= 0.3 is 0 Å². The van der Waals surface area contributed by atoms with Gasteiger partial charge in [0.05, 0.1) is 11.6 Å². The molecule has 1 aromatic carbocycles. The van der Waals surface area contributed by atoms with Gasteiger partial charge in [0.1, 0.15) is 6.10 Å². The van der Waals surface area contributed by atoms with Crippen molar-refractivity contribution in [2.45, 2.75) is 19.4 Å². The number of nitrogens with zero attached hydrogens (tertiary/aromatic N) is 1. The average Bonchev–Trinajstić information content (AvgIpc) is 2.70. The van der Waals surface area contributed by atoms with E-state index < -0.39 is 0 Å². The third-order valence-electron chi connectivity index (χ3n) is 2.41. The first-order valence-electron chi connectivity index (χ1n) is 4.76. The molecule has 0 N–H and O–H groups in total. The molecule has 0 aliphatic carbocycles. The SMILES string of the molecule is Cc1ccc(C2=NOC(CCl)C2)cc1Cl. The van der Waals surface area contributed by atoms with Crippen LogP contribution in [0.4, 0.5) is 0 Å². The van der Waals surface area contributed by atoms with Crippen molar-refractivity contribution in [3.05, 3.63) is 34.3 Å². The van der Waals surface area contributed by atoms with Crippen LogP contribution < -0.4 is 0 Å². The zero-order valence-electron chi connectivity index (χ0n) is 8.34. The molecule has 0 amide bonds. The lowest BCUT2D eigenvalue weighted by molar-refractivity contribution is 0.102. The molecule has 2 nitrogen and oxygen atoms in total. The lowest BCUT2D eigenvalue weighted by Gasteiger charge is -2.03. The van der Waals surface area contributed by atoms with Gasteiger partial charge in [0, 0.05) is 17.0 Å². The quantitative estimate of drug-likeness (QED) is 0.731. The maximum atomic E-state index is 6.04. The molecule has 0 bridgehead atoms. The van der Waals surface area contributed by atoms with Crippen molar-refractivity contribution in [3.63, 3.8) is 0 Å². The van der Waals surface area contributed by atoms with Crippen molar-refractivity contribution < 1.29 is 4.84 Å². The highest BCUT2D eigenvalue weighted by molar-refractivity contribution is 6.31. The van der Waals surface area contributed by atoms with Gasteiger partial charge in [0.2, 0.25) is 0 Å². The minimum Gasteiger partial charge on any atom is -0.391 e. The maximum absolute atomic E-state index is 6.04. The molecule has 0 saturated carbocycles. The molecule has 0 spiro atoms. The van der Waals surface area contributed by atoms with Crippen molar-refractivity contribution in [1.29, 1.82) is 0 Å². The van der Waals surface area contributed by atoms with E-state index in [1.165, 1.54) is 0 Å². The first-order chi connectivity index (χ1) is 7.20. The first-order valence-corrected chi connectivity index (χ1v) is 5.67. The van der Waals surface area contributed by atoms with Crippen LogP contribution in [-0.4, -0.2) is 17.7 Å². The Hall–Kier alpha value is -0.730. The lowest BCUT2D eigenvalue weighted by atomic mass is 10.0. The third kappa shape index (κ3) is 2.27. The predicted molar refractivity (Wildman–Crippen MR) is 62.9 cm³/mol. The van der Waals surface area contributed by atoms with Crippen LogP contribution in [0.2, 0.25) is 5.02 Å². The van der Waals surface area contributed by atoms with Gasteiger partial charge in [0.25, 0.3) is 0 Å². The molecule has 2 rings (SSSR count). The van der Waals surface area contributed by atoms with Crippen LogP contribution in [0.3, 0.4) is 0 Å². The summed E-state index contributed by atoms with van der Waals surface area (Å²) in [6, 6.07) is 5.89. The summed E-state index contributed by atoms with van der Waals surface area (Å²) in [5, 5.41) is 4.76. The molecule has 0 fully saturated rings. The van der Waals surface area contributed by atoms with Crippen LogP contribution in [0, 0.1) is 6.92 Å². The highest BCUT2D eigenvalue weighted by Gasteiger charge is 2.21. The van der Waals surface area contributed by atoms with E-state index in [1.807, 2.05) is 25.1 Å². The summed E-state index contributed by atoms with van der Waals surface area (Å²) < 4.78 is 0. The average molecular weight is 244 g/mol. The van der Waals surface area contributed by atoms with Crippen LogP contribution in [0.15, 0.2) is 23.4 Å². The summed E-state index contributed by atoms with van der Waals surface area (Å²) in [4.78, 5) is 5.15. The second kappa shape index (κ2) is 4.42. The minimum atomic E-state index is 0.00162. The molecule has 1 atom stereocenters. The summed E-state index contributed by atoms with van der Waals surface area (Å²) >= 11 is 11.7. The van der Waals surface area contributed by atoms with Crippen molar-refractivity contribution in [2.24, 2.45) is 5.16 Å². The molecule has 4 heteroatoms. The second-order valence-corrected chi connectivity index (χ2v) is 4.30. The molecule has 0 saturated heterocycles. The van der Waals surface area contributed by atoms with Crippen LogP contribution in [0.25, 0.3) is 0 Å². The van der Waals surface area contributed by atoms with Gasteiger partial charge in [0.15, 0.2) is 0 Å². The molecule has 0 aromatic heterocycles. The van der Waals surface area contributed by atoms with E-state index in [9.17, 15) is 0 Å². The fourth-order valence-corrected chi connectivity index (χ4v) is 1.80. The normalized spacial score (nSPS) is 19.9. The number of benzene rings is 1. The molecule has 1 aliphatic heterocycles. The third-order valence-corrected chi connectivity index (χ3v) is 3.16. The molecule has 0 radical (unpaired) electrons. The Labute approximate surface area is 98.8 Å². The standard InChI is InChI=1S/C11H11Cl2NO/c1-7-2-3-8(4-10(7)13)11-5-9(6-12)15-14-11/h2-4,9H,5-6H2,1H3. The van der Waals surface area contributed by atoms with Crippen molar-refractivity contribution >= 4 is 28.9 Å². The first kappa shape index (κ1) is 10.8. The van der Waals surface area contributed by atoms with Gasteiger partial charge in [-0.15, -0.1) is 11.6 Å². The number of halogens is 2. The zero-order chi connectivity index (χ0) is 10.8. The molecule has 1 heterocycles. The van der Waals surface area contributed by atoms with Crippen molar-refractivity contribution in [1.82, 2.24) is 0 Å². The molecule has 15 heavy (non-hydrogen) atoms. The molecule has 80 valence electrons. The molecular weight excluding hydrogens is 233 g/mol. The van der Waals surface area contributed by atoms with Gasteiger partial charge in [-0.3, -0.25) is 0 Å². The Balaban J connectivity index is 2.21. The largest absolute Gasteiger partial charge is 0.391 e. The van der Waals surface area contributed by atoms with Crippen LogP contribution in [0.5, 0.6) is 0 Å². The maximum Gasteiger partial charge on any atom is 0.146 e. The fourth-order valence-electron chi connectivity index (χ4n) is 1.45. The number of oxime groups is 1. The summed E-state index contributed by atoms with van der Waals surface area (Å²) in [6.07, 6.45) is 0.754. The Bertz CT molecular complexity index is 404. The number of rotatable bonds is 2. The van der Waals surface area contributed by atoms with Gasteiger partial charge in [-0.05, 0) is 18.6 Å². The van der Waals surface area contributed by atoms with Crippen LogP contribution in [0.1, 0.15) is 17.5 Å². The van der Waals surface area contributed by atoms with E-state index in [4.69, 9.17) is 28.0 Å². The van der Waals surface area contributed by atoms with Crippen LogP contribution >= 0.6 is 23.2 Å². The topological polar surface area (TPSA) is 21.6 Å². The van der Waals surface area contributed by atoms with Crippen LogP contribution in [-0.2, 0) is 4.84 Å². The van der Waals surface area contributed by atoms with Gasteiger partial charge in [-0.1, -0.05) is 28.9 Å². The van der Waals surface area contributed by atoms with Gasteiger partial charge in [-0.2, -0.15) is 0 Å². The summed E-state index contributed by atoms with van der Waals surface area (Å²) in [6.45, 7) is 1.97. The Morgan fingerprint density at radius 1 is 1.53 bits per heavy atom.